The fraction of sp³-hybridized carbons (Fsp3) is 0.857. The third-order valence-corrected chi connectivity index (χ3v) is 4.24. The number of carbonyl (C=O) groups is 2. The molecule has 2 fully saturated rings. The van der Waals surface area contributed by atoms with Crippen LogP contribution in [-0.4, -0.2) is 55.1 Å². The van der Waals surface area contributed by atoms with E-state index in [4.69, 9.17) is 0 Å². The summed E-state index contributed by atoms with van der Waals surface area (Å²) < 4.78 is 36.9. The molecule has 2 saturated heterocycles. The predicted molar refractivity (Wildman–Crippen MR) is 81.3 cm³/mol. The largest absolute Gasteiger partial charge is 0.406 e. The first-order chi connectivity index (χ1) is 10.3. The van der Waals surface area contributed by atoms with Gasteiger partial charge in [0.1, 0.15) is 12.6 Å². The van der Waals surface area contributed by atoms with Crippen molar-refractivity contribution in [3.8, 4) is 0 Å². The average Bonchev–Trinajstić information content (AvgIpc) is 2.77. The molecule has 2 rings (SSSR count). The van der Waals surface area contributed by atoms with Crippen LogP contribution in [-0.2, 0) is 9.59 Å². The third-order valence-electron chi connectivity index (χ3n) is 4.24. The van der Waals surface area contributed by atoms with E-state index in [2.05, 4.69) is 10.6 Å². The maximum absolute atomic E-state index is 12.3. The minimum Gasteiger partial charge on any atom is -0.344 e. The van der Waals surface area contributed by atoms with Crippen molar-refractivity contribution < 1.29 is 22.8 Å². The molecule has 0 aromatic carbocycles. The molecule has 1 unspecified atom stereocenters. The summed E-state index contributed by atoms with van der Waals surface area (Å²) in [6.45, 7) is 0.713. The van der Waals surface area contributed by atoms with Gasteiger partial charge in [0, 0.05) is 13.0 Å². The summed E-state index contributed by atoms with van der Waals surface area (Å²) in [5, 5.41) is 5.82. The minimum atomic E-state index is -4.40. The first kappa shape index (κ1) is 20.0. The maximum Gasteiger partial charge on any atom is 0.406 e. The van der Waals surface area contributed by atoms with Gasteiger partial charge in [-0.2, -0.15) is 13.2 Å². The number of halogens is 4. The van der Waals surface area contributed by atoms with Crippen molar-refractivity contribution in [1.29, 1.82) is 0 Å². The summed E-state index contributed by atoms with van der Waals surface area (Å²) >= 11 is 0. The van der Waals surface area contributed by atoms with E-state index in [-0.39, 0.29) is 31.3 Å². The number of rotatable bonds is 5. The lowest BCUT2D eigenvalue weighted by Gasteiger charge is -2.22. The third kappa shape index (κ3) is 6.55. The number of piperidine rings is 1. The maximum atomic E-state index is 12.3. The van der Waals surface area contributed by atoms with E-state index in [1.807, 2.05) is 0 Å². The molecule has 0 radical (unpaired) electrons. The Kier molecular flexibility index (Phi) is 7.60. The van der Waals surface area contributed by atoms with Gasteiger partial charge >= 0.3 is 6.18 Å². The van der Waals surface area contributed by atoms with Crippen LogP contribution in [0.25, 0.3) is 0 Å². The van der Waals surface area contributed by atoms with E-state index in [1.54, 1.807) is 0 Å². The van der Waals surface area contributed by atoms with Gasteiger partial charge in [0.25, 0.3) is 0 Å². The Bertz CT molecular complexity index is 415. The second-order valence-electron chi connectivity index (χ2n) is 6.02. The number of nitrogens with one attached hydrogen (secondary N) is 2. The van der Waals surface area contributed by atoms with Crippen molar-refractivity contribution >= 4 is 24.2 Å². The highest BCUT2D eigenvalue weighted by Gasteiger charge is 2.39. The van der Waals surface area contributed by atoms with Crippen molar-refractivity contribution in [3.63, 3.8) is 0 Å². The van der Waals surface area contributed by atoms with Crippen LogP contribution in [0, 0.1) is 5.92 Å². The number of amides is 2. The lowest BCUT2D eigenvalue weighted by Crippen LogP contribution is -2.43. The molecule has 0 aromatic rings. The lowest BCUT2D eigenvalue weighted by molar-refractivity contribution is -0.158. The lowest BCUT2D eigenvalue weighted by atomic mass is 9.93. The highest BCUT2D eigenvalue weighted by atomic mass is 35.5. The molecule has 2 aliphatic rings. The van der Waals surface area contributed by atoms with Gasteiger partial charge in [0.15, 0.2) is 0 Å². The summed E-state index contributed by atoms with van der Waals surface area (Å²) in [6.07, 6.45) is -0.990. The van der Waals surface area contributed by atoms with Gasteiger partial charge in [0.05, 0.1) is 0 Å². The summed E-state index contributed by atoms with van der Waals surface area (Å²) in [5.74, 6) is -0.369. The molecular formula is C14H23ClF3N3O2. The van der Waals surface area contributed by atoms with Gasteiger partial charge in [-0.1, -0.05) is 0 Å². The summed E-state index contributed by atoms with van der Waals surface area (Å²) in [5.41, 5.74) is 0. The van der Waals surface area contributed by atoms with Gasteiger partial charge in [-0.25, -0.2) is 0 Å². The second-order valence-corrected chi connectivity index (χ2v) is 6.02. The quantitative estimate of drug-likeness (QED) is 0.783. The topological polar surface area (TPSA) is 61.4 Å². The zero-order valence-electron chi connectivity index (χ0n) is 12.8. The molecule has 2 aliphatic heterocycles. The summed E-state index contributed by atoms with van der Waals surface area (Å²) in [4.78, 5) is 24.4. The summed E-state index contributed by atoms with van der Waals surface area (Å²) in [7, 11) is 0. The molecule has 1 atom stereocenters. The molecule has 2 amide bonds. The van der Waals surface area contributed by atoms with Crippen LogP contribution < -0.4 is 10.6 Å². The number of alkyl halides is 3. The molecule has 0 spiro atoms. The Morgan fingerprint density at radius 2 is 1.91 bits per heavy atom. The van der Waals surface area contributed by atoms with Crippen molar-refractivity contribution in [3.05, 3.63) is 0 Å². The molecule has 0 bridgehead atoms. The van der Waals surface area contributed by atoms with Crippen LogP contribution in [0.2, 0.25) is 0 Å². The van der Waals surface area contributed by atoms with Gasteiger partial charge < -0.3 is 15.5 Å². The fourth-order valence-electron chi connectivity index (χ4n) is 3.02. The Balaban J connectivity index is 0.00000264. The highest BCUT2D eigenvalue weighted by Crippen LogP contribution is 2.21. The highest BCUT2D eigenvalue weighted by molar-refractivity contribution is 5.89. The van der Waals surface area contributed by atoms with Gasteiger partial charge in [-0.05, 0) is 44.7 Å². The standard InChI is InChI=1S/C14H22F3N3O2.ClH/c15-14(16,17)9-20-8-5-11(13(20)22)19-12(21)2-1-10-3-6-18-7-4-10;/h10-11,18H,1-9H2,(H,19,21);1H. The Hall–Kier alpha value is -1.02. The number of carbonyl (C=O) groups excluding carboxylic acids is 2. The zero-order chi connectivity index (χ0) is 16.2. The Labute approximate surface area is 139 Å². The smallest absolute Gasteiger partial charge is 0.344 e. The number of likely N-dealkylation sites (tertiary alicyclic amines) is 1. The predicted octanol–water partition coefficient (Wildman–Crippen LogP) is 1.47. The molecular weight excluding hydrogens is 335 g/mol. The minimum absolute atomic E-state index is 0. The van der Waals surface area contributed by atoms with Crippen LogP contribution in [0.5, 0.6) is 0 Å². The fourth-order valence-corrected chi connectivity index (χ4v) is 3.02. The molecule has 9 heteroatoms. The molecule has 2 N–H and O–H groups in total. The SMILES string of the molecule is Cl.O=C(CCC1CCNCC1)NC1CCN(CC(F)(F)F)C1=O. The normalized spacial score (nSPS) is 22.8. The number of hydrogen-bond acceptors (Lipinski definition) is 3. The van der Waals surface area contributed by atoms with Crippen LogP contribution in [0.4, 0.5) is 13.2 Å². The van der Waals surface area contributed by atoms with Crippen molar-refractivity contribution in [2.75, 3.05) is 26.2 Å². The first-order valence-electron chi connectivity index (χ1n) is 7.71. The molecule has 23 heavy (non-hydrogen) atoms. The average molecular weight is 358 g/mol. The van der Waals surface area contributed by atoms with Crippen LogP contribution in [0.15, 0.2) is 0 Å². The van der Waals surface area contributed by atoms with Crippen LogP contribution >= 0.6 is 12.4 Å². The van der Waals surface area contributed by atoms with E-state index in [0.29, 0.717) is 12.3 Å². The molecule has 0 saturated carbocycles. The van der Waals surface area contributed by atoms with Crippen LogP contribution in [0.3, 0.4) is 0 Å². The monoisotopic (exact) mass is 357 g/mol. The zero-order valence-corrected chi connectivity index (χ0v) is 13.6. The molecule has 2 heterocycles. The van der Waals surface area contributed by atoms with E-state index in [0.717, 1.165) is 37.3 Å². The van der Waals surface area contributed by atoms with E-state index < -0.39 is 24.7 Å². The molecule has 0 aliphatic carbocycles. The van der Waals surface area contributed by atoms with E-state index in [9.17, 15) is 22.8 Å². The second kappa shape index (κ2) is 8.73. The van der Waals surface area contributed by atoms with Crippen molar-refractivity contribution in [1.82, 2.24) is 15.5 Å². The van der Waals surface area contributed by atoms with Gasteiger partial charge in [-0.3, -0.25) is 9.59 Å². The number of nitrogens with zero attached hydrogens (tertiary/aromatic N) is 1. The molecule has 0 aromatic heterocycles. The first-order valence-corrected chi connectivity index (χ1v) is 7.71. The van der Waals surface area contributed by atoms with Crippen molar-refractivity contribution in [2.45, 2.75) is 44.3 Å². The molecule has 134 valence electrons. The van der Waals surface area contributed by atoms with E-state index >= 15 is 0 Å². The molecule has 5 nitrogen and oxygen atoms in total. The van der Waals surface area contributed by atoms with Crippen molar-refractivity contribution in [2.24, 2.45) is 5.92 Å². The Morgan fingerprint density at radius 3 is 2.52 bits per heavy atom. The number of hydrogen-bond donors (Lipinski definition) is 2. The van der Waals surface area contributed by atoms with Gasteiger partial charge in [-0.15, -0.1) is 12.4 Å². The van der Waals surface area contributed by atoms with Crippen LogP contribution in [0.1, 0.15) is 32.1 Å². The van der Waals surface area contributed by atoms with E-state index in [1.165, 1.54) is 0 Å². The van der Waals surface area contributed by atoms with Gasteiger partial charge in [0.2, 0.25) is 11.8 Å². The Morgan fingerprint density at radius 1 is 1.26 bits per heavy atom. The summed E-state index contributed by atoms with van der Waals surface area (Å²) in [6, 6.07) is -0.803.